The highest BCUT2D eigenvalue weighted by atomic mass is 79.9. The summed E-state index contributed by atoms with van der Waals surface area (Å²) in [5.41, 5.74) is 1.24. The van der Waals surface area contributed by atoms with E-state index in [1.165, 1.54) is 5.56 Å². The molecule has 1 aromatic carbocycles. The Morgan fingerprint density at radius 3 is 2.70 bits per heavy atom. The van der Waals surface area contributed by atoms with Crippen LogP contribution in [0.25, 0.3) is 0 Å². The van der Waals surface area contributed by atoms with Crippen LogP contribution in [0.2, 0.25) is 0 Å². The van der Waals surface area contributed by atoms with Crippen molar-refractivity contribution >= 4 is 27.8 Å². The van der Waals surface area contributed by atoms with E-state index in [0.717, 1.165) is 36.8 Å². The monoisotopic (exact) mass is 379 g/mol. The van der Waals surface area contributed by atoms with Crippen LogP contribution in [0.4, 0.5) is 0 Å². The van der Waals surface area contributed by atoms with Crippen molar-refractivity contribution in [2.24, 2.45) is 11.8 Å². The van der Waals surface area contributed by atoms with Gasteiger partial charge in [-0.3, -0.25) is 9.59 Å². The average Bonchev–Trinajstić information content (AvgIpc) is 3.34. The van der Waals surface area contributed by atoms with Crippen molar-refractivity contribution in [3.8, 4) is 0 Å². The van der Waals surface area contributed by atoms with E-state index in [1.54, 1.807) is 0 Å². The van der Waals surface area contributed by atoms with E-state index in [0.29, 0.717) is 18.3 Å². The summed E-state index contributed by atoms with van der Waals surface area (Å²) in [5, 5.41) is 8.81. The Labute approximate surface area is 145 Å². The van der Waals surface area contributed by atoms with Crippen LogP contribution in [0.3, 0.4) is 0 Å². The van der Waals surface area contributed by atoms with Crippen molar-refractivity contribution in [3.63, 3.8) is 0 Å². The zero-order valence-electron chi connectivity index (χ0n) is 13.1. The molecule has 1 N–H and O–H groups in total. The molecule has 0 bridgehead atoms. The number of carboxylic acids is 1. The molecule has 4 nitrogen and oxygen atoms in total. The lowest BCUT2D eigenvalue weighted by atomic mass is 9.93. The number of halogens is 1. The van der Waals surface area contributed by atoms with Crippen molar-refractivity contribution in [1.82, 2.24) is 4.90 Å². The Balaban J connectivity index is 1.54. The van der Waals surface area contributed by atoms with Gasteiger partial charge in [0, 0.05) is 29.9 Å². The summed E-state index contributed by atoms with van der Waals surface area (Å²) >= 11 is 3.44. The summed E-state index contributed by atoms with van der Waals surface area (Å²) in [6.45, 7) is 1.56. The van der Waals surface area contributed by atoms with Crippen LogP contribution in [-0.2, 0) is 9.59 Å². The van der Waals surface area contributed by atoms with Gasteiger partial charge >= 0.3 is 5.97 Å². The van der Waals surface area contributed by atoms with Gasteiger partial charge in [0.25, 0.3) is 0 Å². The number of carbonyl (C=O) groups is 2. The number of benzene rings is 1. The Morgan fingerprint density at radius 2 is 2.00 bits per heavy atom. The van der Waals surface area contributed by atoms with Gasteiger partial charge in [0.1, 0.15) is 0 Å². The number of hydrogen-bond donors (Lipinski definition) is 1. The predicted octanol–water partition coefficient (Wildman–Crippen LogP) is 3.66. The minimum Gasteiger partial charge on any atom is -0.481 e. The second-order valence-electron chi connectivity index (χ2n) is 6.73. The summed E-state index contributed by atoms with van der Waals surface area (Å²) in [4.78, 5) is 25.4. The normalized spacial score (nSPS) is 26.8. The Kier molecular flexibility index (Phi) is 5.05. The van der Waals surface area contributed by atoms with E-state index in [-0.39, 0.29) is 18.2 Å². The third-order valence-corrected chi connectivity index (χ3v) is 5.53. The molecule has 1 aliphatic heterocycles. The van der Waals surface area contributed by atoms with Gasteiger partial charge in [-0.2, -0.15) is 0 Å². The molecular formula is C18H22BrNO3. The van der Waals surface area contributed by atoms with E-state index in [4.69, 9.17) is 5.11 Å². The van der Waals surface area contributed by atoms with Crippen LogP contribution in [0.15, 0.2) is 28.7 Å². The van der Waals surface area contributed by atoms with Crippen molar-refractivity contribution in [1.29, 1.82) is 0 Å². The number of likely N-dealkylation sites (tertiary alicyclic amines) is 1. The smallest absolute Gasteiger partial charge is 0.303 e. The molecule has 3 rings (SSSR count). The van der Waals surface area contributed by atoms with E-state index in [1.807, 2.05) is 17.0 Å². The van der Waals surface area contributed by atoms with Gasteiger partial charge in [-0.1, -0.05) is 28.1 Å². The Bertz CT molecular complexity index is 586. The number of nitrogens with zero attached hydrogens (tertiary/aromatic N) is 1. The largest absolute Gasteiger partial charge is 0.481 e. The maximum Gasteiger partial charge on any atom is 0.303 e. The van der Waals surface area contributed by atoms with Gasteiger partial charge in [0.15, 0.2) is 0 Å². The van der Waals surface area contributed by atoms with E-state index in [9.17, 15) is 9.59 Å². The fourth-order valence-corrected chi connectivity index (χ4v) is 3.87. The molecule has 5 heteroatoms. The van der Waals surface area contributed by atoms with Crippen molar-refractivity contribution in [3.05, 3.63) is 34.3 Å². The third-order valence-electron chi connectivity index (χ3n) is 5.00. The molecule has 1 saturated heterocycles. The van der Waals surface area contributed by atoms with Crippen LogP contribution in [0.1, 0.15) is 43.6 Å². The minimum absolute atomic E-state index is 0.120. The zero-order valence-corrected chi connectivity index (χ0v) is 14.7. The third kappa shape index (κ3) is 4.14. The highest BCUT2D eigenvalue weighted by Crippen LogP contribution is 2.49. The molecule has 1 heterocycles. The molecule has 2 fully saturated rings. The lowest BCUT2D eigenvalue weighted by Crippen LogP contribution is -2.41. The summed E-state index contributed by atoms with van der Waals surface area (Å²) in [5.74, 6) is 0.335. The van der Waals surface area contributed by atoms with Crippen molar-refractivity contribution in [2.45, 2.75) is 38.0 Å². The molecule has 1 amide bonds. The number of rotatable bonds is 5. The molecule has 3 atom stereocenters. The molecule has 0 unspecified atom stereocenters. The van der Waals surface area contributed by atoms with Gasteiger partial charge in [0.2, 0.25) is 5.91 Å². The summed E-state index contributed by atoms with van der Waals surface area (Å²) in [6, 6.07) is 8.23. The molecule has 0 spiro atoms. The molecule has 1 saturated carbocycles. The number of amides is 1. The van der Waals surface area contributed by atoms with Crippen molar-refractivity contribution in [2.75, 3.05) is 13.1 Å². The minimum atomic E-state index is -0.744. The molecule has 0 aromatic heterocycles. The number of carboxylic acid groups (broad SMARTS) is 1. The molecule has 23 heavy (non-hydrogen) atoms. The SMILES string of the molecule is O=C(O)CC[C@@H]1CCCN(C(=O)[C@H]2C[C@@H]2c2ccc(Br)cc2)C1. The first-order chi connectivity index (χ1) is 11.0. The van der Waals surface area contributed by atoms with Gasteiger partial charge in [-0.15, -0.1) is 0 Å². The maximum absolute atomic E-state index is 12.7. The maximum atomic E-state index is 12.7. The topological polar surface area (TPSA) is 57.6 Å². The van der Waals surface area contributed by atoms with Gasteiger partial charge in [-0.25, -0.2) is 0 Å². The van der Waals surface area contributed by atoms with Crippen LogP contribution in [0.5, 0.6) is 0 Å². The summed E-state index contributed by atoms with van der Waals surface area (Å²) < 4.78 is 1.06. The van der Waals surface area contributed by atoms with E-state index >= 15 is 0 Å². The van der Waals surface area contributed by atoms with E-state index in [2.05, 4.69) is 28.1 Å². The van der Waals surface area contributed by atoms with Gasteiger partial charge < -0.3 is 10.0 Å². The fourth-order valence-electron chi connectivity index (χ4n) is 3.61. The quantitative estimate of drug-likeness (QED) is 0.848. The molecular weight excluding hydrogens is 358 g/mol. The number of carbonyl (C=O) groups excluding carboxylic acids is 1. The van der Waals surface area contributed by atoms with Crippen LogP contribution >= 0.6 is 15.9 Å². The number of aliphatic carboxylic acids is 1. The van der Waals surface area contributed by atoms with Gasteiger partial charge in [-0.05, 0) is 55.2 Å². The lowest BCUT2D eigenvalue weighted by Gasteiger charge is -2.33. The second kappa shape index (κ2) is 7.04. The first-order valence-electron chi connectivity index (χ1n) is 8.30. The number of piperidine rings is 1. The standard InChI is InChI=1S/C18H22BrNO3/c19-14-6-4-13(5-7-14)15-10-16(15)18(23)20-9-1-2-12(11-20)3-8-17(21)22/h4-7,12,15-16H,1-3,8-11H2,(H,21,22)/t12-,15+,16-/m0/s1. The molecule has 0 radical (unpaired) electrons. The first-order valence-corrected chi connectivity index (χ1v) is 9.10. The van der Waals surface area contributed by atoms with Crippen molar-refractivity contribution < 1.29 is 14.7 Å². The number of hydrogen-bond acceptors (Lipinski definition) is 2. The highest BCUT2D eigenvalue weighted by molar-refractivity contribution is 9.10. The molecule has 1 aliphatic carbocycles. The molecule has 2 aliphatic rings. The zero-order chi connectivity index (χ0) is 16.4. The van der Waals surface area contributed by atoms with Crippen LogP contribution in [-0.4, -0.2) is 35.0 Å². The van der Waals surface area contributed by atoms with E-state index < -0.39 is 5.97 Å². The molecule has 124 valence electrons. The Morgan fingerprint density at radius 1 is 1.26 bits per heavy atom. The first kappa shape index (κ1) is 16.5. The van der Waals surface area contributed by atoms with Crippen LogP contribution < -0.4 is 0 Å². The average molecular weight is 380 g/mol. The highest BCUT2D eigenvalue weighted by Gasteiger charge is 2.46. The predicted molar refractivity (Wildman–Crippen MR) is 91.2 cm³/mol. The van der Waals surface area contributed by atoms with Crippen LogP contribution in [0, 0.1) is 11.8 Å². The second-order valence-corrected chi connectivity index (χ2v) is 7.64. The Hall–Kier alpha value is -1.36. The lowest BCUT2D eigenvalue weighted by molar-refractivity contribution is -0.137. The summed E-state index contributed by atoms with van der Waals surface area (Å²) in [6.07, 6.45) is 3.86. The molecule has 1 aromatic rings. The summed E-state index contributed by atoms with van der Waals surface area (Å²) in [7, 11) is 0. The fraction of sp³-hybridized carbons (Fsp3) is 0.556. The van der Waals surface area contributed by atoms with Gasteiger partial charge in [0.05, 0.1) is 0 Å².